The first-order valence-electron chi connectivity index (χ1n) is 7.21. The summed E-state index contributed by atoms with van der Waals surface area (Å²) in [4.78, 5) is 20.7. The molecular formula is C15H22ClN3O2. The highest BCUT2D eigenvalue weighted by Gasteiger charge is 2.35. The van der Waals surface area contributed by atoms with Crippen molar-refractivity contribution in [2.45, 2.75) is 31.9 Å². The van der Waals surface area contributed by atoms with Crippen molar-refractivity contribution >= 4 is 17.5 Å². The molecule has 0 spiro atoms. The highest BCUT2D eigenvalue weighted by Crippen LogP contribution is 2.22. The predicted molar refractivity (Wildman–Crippen MR) is 82.6 cm³/mol. The number of aromatic nitrogens is 1. The maximum atomic E-state index is 12.7. The van der Waals surface area contributed by atoms with E-state index in [1.54, 1.807) is 17.0 Å². The van der Waals surface area contributed by atoms with Crippen LogP contribution in [0.3, 0.4) is 0 Å². The van der Waals surface area contributed by atoms with Gasteiger partial charge in [0.15, 0.2) is 0 Å². The number of aryl methyl sites for hydroxylation is 1. The molecule has 0 saturated carbocycles. The molecule has 2 unspecified atom stereocenters. The van der Waals surface area contributed by atoms with Crippen LogP contribution in [-0.2, 0) is 6.42 Å². The predicted octanol–water partition coefficient (Wildman–Crippen LogP) is 1.43. The molecule has 1 N–H and O–H groups in total. The average molecular weight is 312 g/mol. The van der Waals surface area contributed by atoms with Gasteiger partial charge in [-0.2, -0.15) is 0 Å². The molecule has 0 radical (unpaired) electrons. The van der Waals surface area contributed by atoms with Gasteiger partial charge in [-0.25, -0.2) is 4.98 Å². The second kappa shape index (κ2) is 6.73. The maximum Gasteiger partial charge on any atom is 0.254 e. The van der Waals surface area contributed by atoms with E-state index in [2.05, 4.69) is 4.98 Å². The molecule has 0 aliphatic carbocycles. The van der Waals surface area contributed by atoms with Crippen LogP contribution in [0.1, 0.15) is 29.4 Å². The zero-order chi connectivity index (χ0) is 15.6. The molecule has 1 saturated heterocycles. The topological polar surface area (TPSA) is 56.7 Å². The van der Waals surface area contributed by atoms with Crippen molar-refractivity contribution in [1.29, 1.82) is 0 Å². The summed E-state index contributed by atoms with van der Waals surface area (Å²) >= 11 is 5.99. The van der Waals surface area contributed by atoms with Crippen molar-refractivity contribution in [2.75, 3.05) is 27.2 Å². The summed E-state index contributed by atoms with van der Waals surface area (Å²) in [7, 11) is 3.93. The van der Waals surface area contributed by atoms with E-state index in [-0.39, 0.29) is 11.9 Å². The summed E-state index contributed by atoms with van der Waals surface area (Å²) < 4.78 is 0. The molecule has 1 amide bonds. The van der Waals surface area contributed by atoms with Crippen LogP contribution < -0.4 is 0 Å². The Hall–Kier alpha value is -1.17. The maximum absolute atomic E-state index is 12.7. The Kier molecular flexibility index (Phi) is 5.19. The Balaban J connectivity index is 2.23. The fourth-order valence-electron chi connectivity index (χ4n) is 2.76. The van der Waals surface area contributed by atoms with Crippen LogP contribution in [0.4, 0.5) is 0 Å². The molecule has 6 heteroatoms. The lowest BCUT2D eigenvalue weighted by Gasteiger charge is -2.27. The van der Waals surface area contributed by atoms with Crippen molar-refractivity contribution in [3.63, 3.8) is 0 Å². The van der Waals surface area contributed by atoms with E-state index in [9.17, 15) is 9.90 Å². The number of carbonyl (C=O) groups excluding carboxylic acids is 1. The number of aliphatic hydroxyl groups is 1. The van der Waals surface area contributed by atoms with E-state index in [0.29, 0.717) is 23.7 Å². The molecule has 2 atom stereocenters. The monoisotopic (exact) mass is 311 g/mol. The number of likely N-dealkylation sites (tertiary alicyclic amines) is 1. The van der Waals surface area contributed by atoms with Gasteiger partial charge in [0, 0.05) is 30.4 Å². The van der Waals surface area contributed by atoms with Gasteiger partial charge < -0.3 is 14.9 Å². The fourth-order valence-corrected chi connectivity index (χ4v) is 2.98. The number of aliphatic hydroxyl groups excluding tert-OH is 1. The van der Waals surface area contributed by atoms with Gasteiger partial charge in [0.25, 0.3) is 5.91 Å². The molecule has 0 aromatic carbocycles. The van der Waals surface area contributed by atoms with Crippen LogP contribution in [0.2, 0.25) is 5.15 Å². The van der Waals surface area contributed by atoms with Crippen LogP contribution in [0.5, 0.6) is 0 Å². The third-order valence-corrected chi connectivity index (χ3v) is 3.88. The van der Waals surface area contributed by atoms with Crippen LogP contribution in [-0.4, -0.2) is 65.1 Å². The highest BCUT2D eigenvalue weighted by molar-refractivity contribution is 6.29. The Morgan fingerprint density at radius 3 is 2.86 bits per heavy atom. The van der Waals surface area contributed by atoms with Crippen molar-refractivity contribution in [1.82, 2.24) is 14.8 Å². The number of rotatable bonds is 4. The number of halogens is 1. The zero-order valence-corrected chi connectivity index (χ0v) is 13.5. The van der Waals surface area contributed by atoms with Crippen LogP contribution >= 0.6 is 11.6 Å². The molecule has 1 aliphatic rings. The Labute approximate surface area is 130 Å². The number of likely N-dealkylation sites (N-methyl/N-ethyl adjacent to an activating group) is 1. The molecule has 116 valence electrons. The molecule has 5 nitrogen and oxygen atoms in total. The zero-order valence-electron chi connectivity index (χ0n) is 12.7. The minimum atomic E-state index is -0.457. The lowest BCUT2D eigenvalue weighted by Crippen LogP contribution is -2.41. The first kappa shape index (κ1) is 16.2. The largest absolute Gasteiger partial charge is 0.391 e. The summed E-state index contributed by atoms with van der Waals surface area (Å²) in [5, 5.41) is 10.2. The second-order valence-electron chi connectivity index (χ2n) is 5.79. The van der Waals surface area contributed by atoms with E-state index in [0.717, 1.165) is 18.7 Å². The summed E-state index contributed by atoms with van der Waals surface area (Å²) in [5.41, 5.74) is 1.35. The van der Waals surface area contributed by atoms with Crippen molar-refractivity contribution in [2.24, 2.45) is 0 Å². The molecule has 0 bridgehead atoms. The Morgan fingerprint density at radius 1 is 1.52 bits per heavy atom. The summed E-state index contributed by atoms with van der Waals surface area (Å²) in [6, 6.07) is 3.41. The molecule has 1 aromatic heterocycles. The van der Waals surface area contributed by atoms with Crippen LogP contribution in [0, 0.1) is 0 Å². The van der Waals surface area contributed by atoms with Gasteiger partial charge in [0.1, 0.15) is 5.15 Å². The number of pyridine rings is 1. The first-order chi connectivity index (χ1) is 9.90. The first-order valence-corrected chi connectivity index (χ1v) is 7.58. The van der Waals surface area contributed by atoms with E-state index < -0.39 is 6.10 Å². The third-order valence-electron chi connectivity index (χ3n) is 3.69. The highest BCUT2D eigenvalue weighted by atomic mass is 35.5. The van der Waals surface area contributed by atoms with E-state index in [4.69, 9.17) is 11.6 Å². The normalized spacial score (nSPS) is 22.1. The quantitative estimate of drug-likeness (QED) is 0.855. The number of carbonyl (C=O) groups is 1. The fraction of sp³-hybridized carbons (Fsp3) is 0.600. The number of hydrogen-bond acceptors (Lipinski definition) is 4. The molecule has 1 fully saturated rings. The smallest absolute Gasteiger partial charge is 0.254 e. The minimum Gasteiger partial charge on any atom is -0.391 e. The van der Waals surface area contributed by atoms with E-state index in [1.807, 2.05) is 25.9 Å². The van der Waals surface area contributed by atoms with Crippen LogP contribution in [0.15, 0.2) is 12.1 Å². The minimum absolute atomic E-state index is 0.0273. The molecule has 2 rings (SSSR count). The van der Waals surface area contributed by atoms with Gasteiger partial charge in [0.2, 0.25) is 0 Å². The van der Waals surface area contributed by atoms with Gasteiger partial charge >= 0.3 is 0 Å². The average Bonchev–Trinajstić information content (AvgIpc) is 2.77. The Morgan fingerprint density at radius 2 is 2.24 bits per heavy atom. The molecule has 21 heavy (non-hydrogen) atoms. The lowest BCUT2D eigenvalue weighted by atomic mass is 10.1. The molecule has 2 heterocycles. The van der Waals surface area contributed by atoms with Gasteiger partial charge in [-0.05, 0) is 39.1 Å². The van der Waals surface area contributed by atoms with Crippen molar-refractivity contribution < 1.29 is 9.90 Å². The molecule has 1 aromatic rings. The van der Waals surface area contributed by atoms with E-state index >= 15 is 0 Å². The number of amides is 1. The van der Waals surface area contributed by atoms with E-state index in [1.165, 1.54) is 0 Å². The number of nitrogens with zero attached hydrogens (tertiary/aromatic N) is 3. The van der Waals surface area contributed by atoms with Crippen LogP contribution in [0.25, 0.3) is 0 Å². The second-order valence-corrected chi connectivity index (χ2v) is 6.17. The molecular weight excluding hydrogens is 290 g/mol. The Bertz CT molecular complexity index is 522. The lowest BCUT2D eigenvalue weighted by molar-refractivity contribution is 0.0699. The summed E-state index contributed by atoms with van der Waals surface area (Å²) in [5.74, 6) is -0.0857. The summed E-state index contributed by atoms with van der Waals surface area (Å²) in [6.07, 6.45) is 0.885. The summed E-state index contributed by atoms with van der Waals surface area (Å²) in [6.45, 7) is 3.09. The number of β-amino-alcohol motifs (C(OH)–C–C–N with tert-alkyl or cyclic N) is 1. The van der Waals surface area contributed by atoms with Crippen molar-refractivity contribution in [3.05, 3.63) is 28.5 Å². The van der Waals surface area contributed by atoms with Crippen molar-refractivity contribution in [3.8, 4) is 0 Å². The van der Waals surface area contributed by atoms with Gasteiger partial charge in [-0.1, -0.05) is 18.5 Å². The van der Waals surface area contributed by atoms with Gasteiger partial charge in [0.05, 0.1) is 6.10 Å². The third kappa shape index (κ3) is 3.93. The van der Waals surface area contributed by atoms with Gasteiger partial charge in [-0.15, -0.1) is 0 Å². The standard InChI is InChI=1S/C15H22ClN3O2/c1-4-11-5-10(6-14(16)17-11)15(21)19-9-13(20)7-12(19)8-18(2)3/h5-6,12-13,20H,4,7-9H2,1-3H3. The van der Waals surface area contributed by atoms with Gasteiger partial charge in [-0.3, -0.25) is 4.79 Å². The molecule has 1 aliphatic heterocycles. The SMILES string of the molecule is CCc1cc(C(=O)N2CC(O)CC2CN(C)C)cc(Cl)n1. The number of hydrogen-bond donors (Lipinski definition) is 1.